The van der Waals surface area contributed by atoms with Crippen molar-refractivity contribution in [1.29, 1.82) is 0 Å². The second-order valence-electron chi connectivity index (χ2n) is 9.26. The number of H-pyrrole nitrogens is 1. The summed E-state index contributed by atoms with van der Waals surface area (Å²) in [5.41, 5.74) is 11.7. The van der Waals surface area contributed by atoms with Crippen LogP contribution >= 0.6 is 0 Å². The molecule has 0 aliphatic carbocycles. The third-order valence-corrected chi connectivity index (χ3v) is 4.84. The number of aromatic amines is 1. The molecule has 0 amide bonds. The van der Waals surface area contributed by atoms with Crippen LogP contribution in [0.15, 0.2) is 128 Å². The van der Waals surface area contributed by atoms with Gasteiger partial charge in [-0.05, 0) is 23.5 Å². The topological polar surface area (TPSA) is 39.6 Å². The standard InChI is InChI=1S/C16H14.C13H10N.C4H10N.2CH3.Si.Ti/c1-3-9-15(10-4-1)13-7-8-14-16-11-5-2-6-12-16;1-2-4-11-8-13(7-10(11)3-1)12-5-6-14-9-12;1-4(2,3)5;;;;/h1-14H;1-9,14H;5H,1-3H3;2*1H3;;/q;4*-1;;+4. The molecule has 0 fully saturated rings. The molecule has 0 bridgehead atoms. The van der Waals surface area contributed by atoms with Crippen molar-refractivity contribution >= 4 is 33.9 Å². The van der Waals surface area contributed by atoms with Crippen molar-refractivity contribution in [3.05, 3.63) is 159 Å². The predicted molar refractivity (Wildman–Crippen MR) is 173 cm³/mol. The van der Waals surface area contributed by atoms with Crippen molar-refractivity contribution in [2.45, 2.75) is 26.3 Å². The average Bonchev–Trinajstić information content (AvgIpc) is 3.52. The maximum Gasteiger partial charge on any atom is 4.00 e. The summed E-state index contributed by atoms with van der Waals surface area (Å²) in [7, 11) is 0. The summed E-state index contributed by atoms with van der Waals surface area (Å²) in [6.45, 7) is 5.56. The molecule has 0 atom stereocenters. The fourth-order valence-electron chi connectivity index (χ4n) is 3.28. The van der Waals surface area contributed by atoms with Gasteiger partial charge in [-0.2, -0.15) is 0 Å². The Morgan fingerprint density at radius 2 is 1.18 bits per heavy atom. The zero-order chi connectivity index (χ0) is 24.9. The molecule has 1 aromatic heterocycles. The minimum atomic E-state index is -0.250. The number of hydrogen-bond acceptors (Lipinski definition) is 0. The summed E-state index contributed by atoms with van der Waals surface area (Å²) in [4.78, 5) is 3.07. The van der Waals surface area contributed by atoms with Gasteiger partial charge in [0.05, 0.1) is 0 Å². The first kappa shape index (κ1) is 38.1. The van der Waals surface area contributed by atoms with Crippen molar-refractivity contribution in [1.82, 2.24) is 4.98 Å². The van der Waals surface area contributed by atoms with Crippen LogP contribution in [0.25, 0.3) is 39.8 Å². The molecule has 4 heteroatoms. The number of rotatable bonds is 4. The molecule has 0 unspecified atom stereocenters. The fraction of sp³-hybridized carbons (Fsp3) is 0.114. The van der Waals surface area contributed by atoms with Crippen LogP contribution in [0.1, 0.15) is 31.9 Å². The number of hydrogen-bond donors (Lipinski definition) is 1. The number of nitrogens with one attached hydrogen (secondary N) is 2. The van der Waals surface area contributed by atoms with Gasteiger partial charge in [-0.15, -0.1) is 40.1 Å². The Bertz CT molecular complexity index is 1230. The van der Waals surface area contributed by atoms with Crippen molar-refractivity contribution < 1.29 is 21.7 Å². The molecule has 5 aromatic rings. The van der Waals surface area contributed by atoms with Gasteiger partial charge in [0.2, 0.25) is 0 Å². The normalized spacial score (nSPS) is 10.1. The van der Waals surface area contributed by atoms with E-state index in [0.29, 0.717) is 0 Å². The molecule has 198 valence electrons. The third-order valence-electron chi connectivity index (χ3n) is 4.84. The predicted octanol–water partition coefficient (Wildman–Crippen LogP) is 10.3. The summed E-state index contributed by atoms with van der Waals surface area (Å²) < 4.78 is 0. The van der Waals surface area contributed by atoms with Crippen LogP contribution in [0.5, 0.6) is 0 Å². The SMILES string of the molecule is C(C=Cc1ccccc1)=Cc1ccccc1.CC(C)(C)[NH-].[CH3-].[CH3-].[Si].[Ti+4].c1ccc2[cH-]c(-c3cc[nH]c3)cc2c1. The minimum absolute atomic E-state index is 0. The molecular weight excluding hydrogens is 524 g/mol. The number of allylic oxidation sites excluding steroid dienone is 2. The number of fused-ring (bicyclic) bond motifs is 1. The van der Waals surface area contributed by atoms with Crippen LogP contribution in [0.3, 0.4) is 0 Å². The van der Waals surface area contributed by atoms with Crippen LogP contribution < -0.4 is 0 Å². The first-order chi connectivity index (χ1) is 16.9. The molecule has 2 nitrogen and oxygen atoms in total. The number of benzene rings is 3. The van der Waals surface area contributed by atoms with Gasteiger partial charge in [0, 0.05) is 11.0 Å². The smallest absolute Gasteiger partial charge is 0.673 e. The molecule has 0 aliphatic heterocycles. The zero-order valence-corrected chi connectivity index (χ0v) is 26.3. The summed E-state index contributed by atoms with van der Waals surface area (Å²) >= 11 is 0. The Hall–Kier alpha value is -3.08. The molecule has 0 saturated carbocycles. The van der Waals surface area contributed by atoms with E-state index in [2.05, 4.69) is 96.0 Å². The fourth-order valence-corrected chi connectivity index (χ4v) is 3.28. The average molecular weight is 565 g/mol. The van der Waals surface area contributed by atoms with Crippen LogP contribution in [0.2, 0.25) is 0 Å². The molecule has 0 spiro atoms. The van der Waals surface area contributed by atoms with Gasteiger partial charge in [0.25, 0.3) is 0 Å². The molecule has 5 rings (SSSR count). The van der Waals surface area contributed by atoms with E-state index in [-0.39, 0.29) is 53.1 Å². The number of aromatic nitrogens is 1. The third kappa shape index (κ3) is 15.2. The molecule has 1 heterocycles. The molecule has 0 aliphatic rings. The summed E-state index contributed by atoms with van der Waals surface area (Å²) in [5, 5.41) is 2.62. The van der Waals surface area contributed by atoms with Gasteiger partial charge >= 0.3 is 21.7 Å². The van der Waals surface area contributed by atoms with Gasteiger partial charge in [-0.1, -0.05) is 136 Å². The Balaban J connectivity index is 0. The first-order valence-corrected chi connectivity index (χ1v) is 11.9. The quantitative estimate of drug-likeness (QED) is 0.128. The monoisotopic (exact) mass is 564 g/mol. The maximum atomic E-state index is 6.94. The van der Waals surface area contributed by atoms with E-state index < -0.39 is 0 Å². The van der Waals surface area contributed by atoms with Gasteiger partial charge in [0.1, 0.15) is 0 Å². The van der Waals surface area contributed by atoms with E-state index >= 15 is 0 Å². The first-order valence-electron chi connectivity index (χ1n) is 11.9. The summed E-state index contributed by atoms with van der Waals surface area (Å²) in [6, 6.07) is 35.5. The van der Waals surface area contributed by atoms with Gasteiger partial charge in [-0.3, -0.25) is 0 Å². The Kier molecular flexibility index (Phi) is 19.4. The van der Waals surface area contributed by atoms with Crippen molar-refractivity contribution in [2.24, 2.45) is 0 Å². The maximum absolute atomic E-state index is 6.94. The van der Waals surface area contributed by atoms with E-state index in [1.807, 2.05) is 69.6 Å². The van der Waals surface area contributed by atoms with Gasteiger partial charge in [-0.25, -0.2) is 0 Å². The van der Waals surface area contributed by atoms with Crippen LogP contribution in [0.4, 0.5) is 0 Å². The van der Waals surface area contributed by atoms with Crippen molar-refractivity contribution in [2.75, 3.05) is 0 Å². The Morgan fingerprint density at radius 3 is 1.62 bits per heavy atom. The van der Waals surface area contributed by atoms with E-state index in [0.717, 1.165) is 0 Å². The van der Waals surface area contributed by atoms with Crippen LogP contribution in [-0.2, 0) is 21.7 Å². The second kappa shape index (κ2) is 19.9. The molecule has 2 N–H and O–H groups in total. The van der Waals surface area contributed by atoms with Crippen LogP contribution in [0, 0.1) is 14.9 Å². The van der Waals surface area contributed by atoms with E-state index in [4.69, 9.17) is 5.73 Å². The van der Waals surface area contributed by atoms with E-state index in [1.54, 1.807) is 0 Å². The molecule has 0 saturated heterocycles. The van der Waals surface area contributed by atoms with E-state index in [1.165, 1.54) is 33.0 Å². The second-order valence-corrected chi connectivity index (χ2v) is 9.26. The molecule has 4 aromatic carbocycles. The van der Waals surface area contributed by atoms with Gasteiger partial charge in [0.15, 0.2) is 0 Å². The zero-order valence-electron chi connectivity index (χ0n) is 23.8. The summed E-state index contributed by atoms with van der Waals surface area (Å²) in [5.74, 6) is 0. The summed E-state index contributed by atoms with van der Waals surface area (Å²) in [6.07, 6.45) is 12.3. The molecule has 39 heavy (non-hydrogen) atoms. The molecule has 4 radical (unpaired) electrons. The largest absolute Gasteiger partial charge is 4.00 e. The van der Waals surface area contributed by atoms with E-state index in [9.17, 15) is 0 Å². The Labute approximate surface area is 256 Å². The van der Waals surface area contributed by atoms with Gasteiger partial charge < -0.3 is 25.6 Å². The van der Waals surface area contributed by atoms with Crippen molar-refractivity contribution in [3.8, 4) is 11.1 Å². The molecular formula is C35H40N2SiTi. The van der Waals surface area contributed by atoms with Crippen LogP contribution in [-0.4, -0.2) is 21.5 Å². The van der Waals surface area contributed by atoms with Crippen molar-refractivity contribution in [3.63, 3.8) is 0 Å². The Morgan fingerprint density at radius 1 is 0.718 bits per heavy atom. The minimum Gasteiger partial charge on any atom is -0.673 e.